The van der Waals surface area contributed by atoms with Gasteiger partial charge in [0.1, 0.15) is 0 Å². The normalized spacial score (nSPS) is 25.2. The Kier molecular flexibility index (Phi) is 4.97. The molecule has 1 aromatic rings. The molecule has 3 rings (SSSR count). The van der Waals surface area contributed by atoms with Crippen LogP contribution < -0.4 is 0 Å². The van der Waals surface area contributed by atoms with Crippen molar-refractivity contribution >= 4 is 5.91 Å². The van der Waals surface area contributed by atoms with Crippen LogP contribution in [0.4, 0.5) is 0 Å². The first kappa shape index (κ1) is 17.4. The minimum Gasteiger partial charge on any atom is -0.387 e. The van der Waals surface area contributed by atoms with Gasteiger partial charge in [-0.2, -0.15) is 0 Å². The van der Waals surface area contributed by atoms with Crippen LogP contribution in [-0.2, 0) is 0 Å². The molecule has 1 aromatic carbocycles. The molecule has 1 N–H and O–H groups in total. The van der Waals surface area contributed by atoms with Gasteiger partial charge in [0.05, 0.1) is 12.1 Å². The molecule has 0 saturated carbocycles. The first-order valence-corrected chi connectivity index (χ1v) is 9.20. The van der Waals surface area contributed by atoms with E-state index in [9.17, 15) is 9.90 Å². The molecular formula is C20H30N2O2. The molecule has 0 aliphatic carbocycles. The summed E-state index contributed by atoms with van der Waals surface area (Å²) in [7, 11) is 0. The maximum Gasteiger partial charge on any atom is 0.254 e. The summed E-state index contributed by atoms with van der Waals surface area (Å²) in [4.78, 5) is 17.2. The van der Waals surface area contributed by atoms with E-state index >= 15 is 0 Å². The molecule has 2 aliphatic rings. The lowest BCUT2D eigenvalue weighted by atomic mass is 9.91. The first-order valence-electron chi connectivity index (χ1n) is 9.20. The zero-order valence-electron chi connectivity index (χ0n) is 15.3. The number of hydrogen-bond acceptors (Lipinski definition) is 3. The maximum absolute atomic E-state index is 13.0. The Morgan fingerprint density at radius 3 is 2.42 bits per heavy atom. The van der Waals surface area contributed by atoms with Crippen LogP contribution in [0.25, 0.3) is 0 Å². The number of piperidine rings is 1. The highest BCUT2D eigenvalue weighted by molar-refractivity contribution is 5.96. The van der Waals surface area contributed by atoms with E-state index in [0.29, 0.717) is 13.1 Å². The Balaban J connectivity index is 1.74. The van der Waals surface area contributed by atoms with Crippen LogP contribution in [0.1, 0.15) is 52.7 Å². The van der Waals surface area contributed by atoms with Crippen molar-refractivity contribution in [2.45, 2.75) is 52.1 Å². The van der Waals surface area contributed by atoms with E-state index < -0.39 is 5.60 Å². The molecule has 2 fully saturated rings. The fourth-order valence-corrected chi connectivity index (χ4v) is 4.13. The predicted molar refractivity (Wildman–Crippen MR) is 96.4 cm³/mol. The van der Waals surface area contributed by atoms with Crippen molar-refractivity contribution in [3.8, 4) is 0 Å². The number of benzene rings is 1. The molecule has 24 heavy (non-hydrogen) atoms. The Morgan fingerprint density at radius 2 is 1.71 bits per heavy atom. The second kappa shape index (κ2) is 6.85. The van der Waals surface area contributed by atoms with Crippen LogP contribution in [0.2, 0.25) is 0 Å². The molecule has 4 nitrogen and oxygen atoms in total. The average Bonchev–Trinajstić information content (AvgIpc) is 3.02. The van der Waals surface area contributed by atoms with Crippen LogP contribution in [0, 0.1) is 20.8 Å². The minimum atomic E-state index is -0.758. The number of aryl methyl sites for hydroxylation is 3. The number of carbonyl (C=O) groups excluding carboxylic acids is 1. The number of carbonyl (C=O) groups is 1. The molecule has 4 heteroatoms. The van der Waals surface area contributed by atoms with Gasteiger partial charge in [-0.05, 0) is 82.3 Å². The van der Waals surface area contributed by atoms with Gasteiger partial charge < -0.3 is 14.9 Å². The zero-order valence-corrected chi connectivity index (χ0v) is 15.3. The summed E-state index contributed by atoms with van der Waals surface area (Å²) in [5.74, 6) is 0.0650. The number of aliphatic hydroxyl groups is 1. The molecule has 0 spiro atoms. The molecule has 2 aliphatic heterocycles. The Bertz CT molecular complexity index is 622. The predicted octanol–water partition coefficient (Wildman–Crippen LogP) is 2.67. The van der Waals surface area contributed by atoms with Crippen molar-refractivity contribution in [3.05, 3.63) is 34.4 Å². The lowest BCUT2D eigenvalue weighted by Crippen LogP contribution is -2.55. The molecule has 132 valence electrons. The van der Waals surface area contributed by atoms with Crippen LogP contribution in [0.3, 0.4) is 0 Å². The van der Waals surface area contributed by atoms with E-state index in [4.69, 9.17) is 0 Å². The van der Waals surface area contributed by atoms with Crippen molar-refractivity contribution in [1.82, 2.24) is 9.80 Å². The number of likely N-dealkylation sites (tertiary alicyclic amines) is 2. The van der Waals surface area contributed by atoms with E-state index in [-0.39, 0.29) is 5.91 Å². The summed E-state index contributed by atoms with van der Waals surface area (Å²) in [5.41, 5.74) is 3.41. The summed E-state index contributed by atoms with van der Waals surface area (Å²) in [6.07, 6.45) is 4.11. The van der Waals surface area contributed by atoms with Crippen LogP contribution in [-0.4, -0.2) is 59.1 Å². The number of β-amino-alcohol motifs (C(OH)–C–C–N with tert-alkyl or cyclic N) is 1. The Labute approximate surface area is 145 Å². The van der Waals surface area contributed by atoms with E-state index in [1.165, 1.54) is 18.4 Å². The lowest BCUT2D eigenvalue weighted by molar-refractivity contribution is -0.0431. The van der Waals surface area contributed by atoms with Gasteiger partial charge in [0.2, 0.25) is 0 Å². The van der Waals surface area contributed by atoms with Gasteiger partial charge >= 0.3 is 0 Å². The van der Waals surface area contributed by atoms with Gasteiger partial charge in [-0.15, -0.1) is 0 Å². The monoisotopic (exact) mass is 330 g/mol. The number of hydrogen-bond donors (Lipinski definition) is 1. The fourth-order valence-electron chi connectivity index (χ4n) is 4.13. The molecule has 1 amide bonds. The number of amides is 1. The first-order chi connectivity index (χ1) is 11.4. The molecular weight excluding hydrogens is 300 g/mol. The molecule has 0 unspecified atom stereocenters. The van der Waals surface area contributed by atoms with Crippen molar-refractivity contribution in [1.29, 1.82) is 0 Å². The molecule has 0 aromatic heterocycles. The number of nitrogens with zero attached hydrogens (tertiary/aromatic N) is 2. The van der Waals surface area contributed by atoms with Crippen LogP contribution in [0.15, 0.2) is 12.1 Å². The van der Waals surface area contributed by atoms with Gasteiger partial charge in [-0.25, -0.2) is 0 Å². The van der Waals surface area contributed by atoms with E-state index in [1.807, 2.05) is 24.8 Å². The quantitative estimate of drug-likeness (QED) is 0.927. The lowest BCUT2D eigenvalue weighted by Gasteiger charge is -2.41. The summed E-state index contributed by atoms with van der Waals surface area (Å²) < 4.78 is 0. The average molecular weight is 330 g/mol. The summed E-state index contributed by atoms with van der Waals surface area (Å²) >= 11 is 0. The van der Waals surface area contributed by atoms with E-state index in [1.54, 1.807) is 0 Å². The summed E-state index contributed by atoms with van der Waals surface area (Å²) in [5, 5.41) is 11.0. The summed E-state index contributed by atoms with van der Waals surface area (Å²) in [6.45, 7) is 10.2. The standard InChI is InChI=1S/C20H30N2O2/c1-15-11-17(3)18(12-16(15)2)19(23)22-10-6-7-20(24,14-22)13-21-8-4-5-9-21/h11-12,24H,4-10,13-14H2,1-3H3/t20-/m1/s1. The fraction of sp³-hybridized carbons (Fsp3) is 0.650. The van der Waals surface area contributed by atoms with Crippen molar-refractivity contribution < 1.29 is 9.90 Å². The minimum absolute atomic E-state index is 0.0650. The van der Waals surface area contributed by atoms with Gasteiger partial charge in [-0.1, -0.05) is 6.07 Å². The highest BCUT2D eigenvalue weighted by atomic mass is 16.3. The third-order valence-electron chi connectivity index (χ3n) is 5.63. The molecule has 2 saturated heterocycles. The van der Waals surface area contributed by atoms with Crippen LogP contribution >= 0.6 is 0 Å². The molecule has 0 bridgehead atoms. The Hall–Kier alpha value is -1.39. The van der Waals surface area contributed by atoms with Gasteiger partial charge in [0, 0.05) is 18.7 Å². The SMILES string of the molecule is Cc1cc(C)c(C(=O)N2CCC[C@@](O)(CN3CCCC3)C2)cc1C. The smallest absolute Gasteiger partial charge is 0.254 e. The maximum atomic E-state index is 13.0. The largest absolute Gasteiger partial charge is 0.387 e. The highest BCUT2D eigenvalue weighted by Crippen LogP contribution is 2.26. The Morgan fingerprint density at radius 1 is 1.04 bits per heavy atom. The van der Waals surface area contributed by atoms with Crippen molar-refractivity contribution in [2.24, 2.45) is 0 Å². The van der Waals surface area contributed by atoms with Gasteiger partial charge in [-0.3, -0.25) is 4.79 Å². The van der Waals surface area contributed by atoms with Crippen LogP contribution in [0.5, 0.6) is 0 Å². The third-order valence-corrected chi connectivity index (χ3v) is 5.63. The topological polar surface area (TPSA) is 43.8 Å². The van der Waals surface area contributed by atoms with Crippen molar-refractivity contribution in [2.75, 3.05) is 32.7 Å². The highest BCUT2D eigenvalue weighted by Gasteiger charge is 2.37. The van der Waals surface area contributed by atoms with Gasteiger partial charge in [0.15, 0.2) is 0 Å². The van der Waals surface area contributed by atoms with E-state index in [2.05, 4.69) is 17.9 Å². The zero-order chi connectivity index (χ0) is 17.3. The summed E-state index contributed by atoms with van der Waals surface area (Å²) in [6, 6.07) is 4.09. The van der Waals surface area contributed by atoms with Crippen molar-refractivity contribution in [3.63, 3.8) is 0 Å². The third kappa shape index (κ3) is 3.65. The molecule has 1 atom stereocenters. The molecule has 0 radical (unpaired) electrons. The number of rotatable bonds is 3. The van der Waals surface area contributed by atoms with E-state index in [0.717, 1.165) is 49.2 Å². The van der Waals surface area contributed by atoms with Gasteiger partial charge in [0.25, 0.3) is 5.91 Å². The second-order valence-corrected chi connectivity index (χ2v) is 7.79. The molecule has 2 heterocycles. The second-order valence-electron chi connectivity index (χ2n) is 7.79.